The van der Waals surface area contributed by atoms with Crippen molar-refractivity contribution >= 4 is 55.5 Å². The van der Waals surface area contributed by atoms with E-state index in [4.69, 9.17) is 0 Å². The highest BCUT2D eigenvalue weighted by molar-refractivity contribution is 9.10. The monoisotopic (exact) mass is 371 g/mol. The van der Waals surface area contributed by atoms with Crippen molar-refractivity contribution in [3.05, 3.63) is 36.8 Å². The van der Waals surface area contributed by atoms with E-state index >= 15 is 0 Å². The second-order valence-corrected chi connectivity index (χ2v) is 7.29. The van der Waals surface area contributed by atoms with Gasteiger partial charge in [-0.1, -0.05) is 0 Å². The lowest BCUT2D eigenvalue weighted by atomic mass is 10.1. The summed E-state index contributed by atoms with van der Waals surface area (Å²) in [6.45, 7) is 0. The maximum atomic E-state index is 12.2. The molecule has 0 aliphatic heterocycles. The van der Waals surface area contributed by atoms with Crippen molar-refractivity contribution in [1.29, 1.82) is 0 Å². The largest absolute Gasteiger partial charge is 0.478 e. The number of carbonyl (C=O) groups is 2. The number of thiophene rings is 2. The zero-order valence-electron chi connectivity index (χ0n) is 10.2. The number of halogens is 1. The van der Waals surface area contributed by atoms with Gasteiger partial charge in [0.15, 0.2) is 0 Å². The van der Waals surface area contributed by atoms with E-state index in [2.05, 4.69) is 21.2 Å². The third-order valence-electron chi connectivity index (χ3n) is 3.19. The summed E-state index contributed by atoms with van der Waals surface area (Å²) in [4.78, 5) is 25.2. The maximum Gasteiger partial charge on any atom is 0.339 e. The fraction of sp³-hybridized carbons (Fsp3) is 0.231. The molecule has 0 saturated carbocycles. The van der Waals surface area contributed by atoms with E-state index in [0.717, 1.165) is 34.2 Å². The molecule has 2 aromatic heterocycles. The average Bonchev–Trinajstić information content (AvgIpc) is 3.03. The maximum absolute atomic E-state index is 12.2. The molecular formula is C13H10BrNO3S2. The highest BCUT2D eigenvalue weighted by Gasteiger charge is 2.27. The van der Waals surface area contributed by atoms with Crippen LogP contribution in [0.5, 0.6) is 0 Å². The van der Waals surface area contributed by atoms with Crippen molar-refractivity contribution in [2.45, 2.75) is 19.3 Å². The van der Waals surface area contributed by atoms with Crippen LogP contribution in [0.25, 0.3) is 0 Å². The predicted molar refractivity (Wildman–Crippen MR) is 83.3 cm³/mol. The van der Waals surface area contributed by atoms with Gasteiger partial charge in [-0.15, -0.1) is 22.7 Å². The number of amides is 1. The molecule has 0 saturated heterocycles. The molecule has 1 aliphatic rings. The summed E-state index contributed by atoms with van der Waals surface area (Å²) in [5.41, 5.74) is 1.16. The standard InChI is InChI=1S/C13H10BrNO3S2/c14-7-4-5-19-10(7)11(16)15-12-9(13(17)18)6-2-1-3-8(6)20-12/h4-5H,1-3H2,(H,15,16)(H,17,18). The van der Waals surface area contributed by atoms with Crippen LogP contribution in [-0.2, 0) is 12.8 Å². The summed E-state index contributed by atoms with van der Waals surface area (Å²) < 4.78 is 0.723. The van der Waals surface area contributed by atoms with Crippen LogP contribution >= 0.6 is 38.6 Å². The van der Waals surface area contributed by atoms with E-state index < -0.39 is 5.97 Å². The van der Waals surface area contributed by atoms with Gasteiger partial charge in [0.05, 0.1) is 5.56 Å². The minimum Gasteiger partial charge on any atom is -0.478 e. The van der Waals surface area contributed by atoms with Crippen molar-refractivity contribution in [2.75, 3.05) is 5.32 Å². The quantitative estimate of drug-likeness (QED) is 0.856. The lowest BCUT2D eigenvalue weighted by Gasteiger charge is -2.04. The summed E-state index contributed by atoms with van der Waals surface area (Å²) >= 11 is 6.01. The number of carboxylic acid groups (broad SMARTS) is 1. The Morgan fingerprint density at radius 3 is 2.80 bits per heavy atom. The first-order chi connectivity index (χ1) is 9.58. The SMILES string of the molecule is O=C(Nc1sc2c(c1C(=O)O)CCC2)c1sccc1Br. The van der Waals surface area contributed by atoms with Crippen molar-refractivity contribution in [3.63, 3.8) is 0 Å². The van der Waals surface area contributed by atoms with E-state index in [1.54, 1.807) is 6.07 Å². The van der Waals surface area contributed by atoms with Crippen molar-refractivity contribution < 1.29 is 14.7 Å². The van der Waals surface area contributed by atoms with Crippen LogP contribution in [0.3, 0.4) is 0 Å². The zero-order chi connectivity index (χ0) is 14.3. The van der Waals surface area contributed by atoms with Crippen LogP contribution in [0.2, 0.25) is 0 Å². The number of nitrogens with one attached hydrogen (secondary N) is 1. The average molecular weight is 372 g/mol. The minimum atomic E-state index is -0.968. The number of aromatic carboxylic acids is 1. The number of aryl methyl sites for hydroxylation is 1. The van der Waals surface area contributed by atoms with Crippen molar-refractivity contribution in [2.24, 2.45) is 0 Å². The number of hydrogen-bond donors (Lipinski definition) is 2. The molecule has 0 bridgehead atoms. The lowest BCUT2D eigenvalue weighted by Crippen LogP contribution is -2.13. The molecule has 0 aromatic carbocycles. The van der Waals surface area contributed by atoms with Crippen LogP contribution in [0, 0.1) is 0 Å². The summed E-state index contributed by atoms with van der Waals surface area (Å²) in [5, 5.41) is 14.4. The number of carbonyl (C=O) groups excluding carboxylic acids is 1. The number of carboxylic acids is 1. The van der Waals surface area contributed by atoms with Crippen LogP contribution in [-0.4, -0.2) is 17.0 Å². The van der Waals surface area contributed by atoms with E-state index in [9.17, 15) is 14.7 Å². The Balaban J connectivity index is 1.94. The Morgan fingerprint density at radius 2 is 2.15 bits per heavy atom. The van der Waals surface area contributed by atoms with Gasteiger partial charge >= 0.3 is 5.97 Å². The Bertz CT molecular complexity index is 705. The zero-order valence-corrected chi connectivity index (χ0v) is 13.5. The van der Waals surface area contributed by atoms with E-state index in [-0.39, 0.29) is 11.5 Å². The summed E-state index contributed by atoms with van der Waals surface area (Å²) in [6.07, 6.45) is 2.68. The molecule has 0 atom stereocenters. The van der Waals surface area contributed by atoms with Gasteiger partial charge in [0.2, 0.25) is 0 Å². The first kappa shape index (κ1) is 13.8. The first-order valence-corrected chi connectivity index (χ1v) is 8.49. The topological polar surface area (TPSA) is 66.4 Å². The third-order valence-corrected chi connectivity index (χ3v) is 6.23. The smallest absolute Gasteiger partial charge is 0.339 e. The summed E-state index contributed by atoms with van der Waals surface area (Å²) in [7, 11) is 0. The third kappa shape index (κ3) is 2.30. The summed E-state index contributed by atoms with van der Waals surface area (Å²) in [5.74, 6) is -1.24. The first-order valence-electron chi connectivity index (χ1n) is 6.00. The Kier molecular flexibility index (Phi) is 3.66. The number of rotatable bonds is 3. The molecule has 7 heteroatoms. The van der Waals surface area contributed by atoms with Crippen molar-refractivity contribution in [1.82, 2.24) is 0 Å². The van der Waals surface area contributed by atoms with Gasteiger partial charge in [0.25, 0.3) is 5.91 Å². The minimum absolute atomic E-state index is 0.267. The number of anilines is 1. The van der Waals surface area contributed by atoms with Crippen molar-refractivity contribution in [3.8, 4) is 0 Å². The molecule has 104 valence electrons. The second kappa shape index (κ2) is 5.31. The molecule has 0 radical (unpaired) electrons. The normalized spacial score (nSPS) is 13.2. The van der Waals surface area contributed by atoms with Gasteiger partial charge in [-0.2, -0.15) is 0 Å². The molecule has 2 aromatic rings. The fourth-order valence-electron chi connectivity index (χ4n) is 2.33. The molecule has 2 N–H and O–H groups in total. The lowest BCUT2D eigenvalue weighted by molar-refractivity contribution is 0.0697. The Morgan fingerprint density at radius 1 is 1.35 bits per heavy atom. The van der Waals surface area contributed by atoms with Crippen LogP contribution in [0.15, 0.2) is 15.9 Å². The molecule has 2 heterocycles. The van der Waals surface area contributed by atoms with Crippen LogP contribution in [0.4, 0.5) is 5.00 Å². The molecule has 0 unspecified atom stereocenters. The van der Waals surface area contributed by atoms with E-state index in [1.165, 1.54) is 22.7 Å². The molecule has 1 aliphatic carbocycles. The van der Waals surface area contributed by atoms with Gasteiger partial charge in [0, 0.05) is 9.35 Å². The highest BCUT2D eigenvalue weighted by Crippen LogP contribution is 2.39. The molecule has 0 fully saturated rings. The highest BCUT2D eigenvalue weighted by atomic mass is 79.9. The van der Waals surface area contributed by atoms with E-state index in [1.807, 2.05) is 5.38 Å². The molecule has 3 rings (SSSR count). The van der Waals surface area contributed by atoms with Gasteiger partial charge in [0.1, 0.15) is 9.88 Å². The molecular weight excluding hydrogens is 362 g/mol. The molecule has 1 amide bonds. The van der Waals surface area contributed by atoms with Gasteiger partial charge in [-0.05, 0) is 52.2 Å². The van der Waals surface area contributed by atoms with Crippen LogP contribution in [0.1, 0.15) is 36.9 Å². The number of hydrogen-bond acceptors (Lipinski definition) is 4. The molecule has 0 spiro atoms. The summed E-state index contributed by atoms with van der Waals surface area (Å²) in [6, 6.07) is 1.80. The van der Waals surface area contributed by atoms with E-state index in [0.29, 0.717) is 9.88 Å². The Hall–Kier alpha value is -1.18. The number of fused-ring (bicyclic) bond motifs is 1. The second-order valence-electron chi connectivity index (χ2n) is 4.42. The van der Waals surface area contributed by atoms with Gasteiger partial charge in [-0.3, -0.25) is 4.79 Å². The van der Waals surface area contributed by atoms with Gasteiger partial charge < -0.3 is 10.4 Å². The fourth-order valence-corrected chi connectivity index (χ4v) is 5.06. The Labute approximate surface area is 131 Å². The molecule has 20 heavy (non-hydrogen) atoms. The predicted octanol–water partition coefficient (Wildman–Crippen LogP) is 4.01. The van der Waals surface area contributed by atoms with Crippen LogP contribution < -0.4 is 5.32 Å². The van der Waals surface area contributed by atoms with Gasteiger partial charge in [-0.25, -0.2) is 4.79 Å². The molecule has 4 nitrogen and oxygen atoms in total.